The van der Waals surface area contributed by atoms with Gasteiger partial charge in [-0.3, -0.25) is 0 Å². The van der Waals surface area contributed by atoms with Crippen molar-refractivity contribution in [2.75, 3.05) is 6.61 Å². The molecule has 0 aromatic heterocycles. The maximum atomic E-state index is 11.7. The minimum absolute atomic E-state index is 0.339. The Morgan fingerprint density at radius 2 is 1.94 bits per heavy atom. The highest BCUT2D eigenvalue weighted by molar-refractivity contribution is 5.89. The lowest BCUT2D eigenvalue weighted by Crippen LogP contribution is -2.18. The zero-order chi connectivity index (χ0) is 12.7. The van der Waals surface area contributed by atoms with Crippen molar-refractivity contribution in [3.8, 4) is 0 Å². The van der Waals surface area contributed by atoms with Crippen LogP contribution in [0.25, 0.3) is 0 Å². The highest BCUT2D eigenvalue weighted by Crippen LogP contribution is 2.07. The summed E-state index contributed by atoms with van der Waals surface area (Å²) in [5.41, 5.74) is 1.68. The SMILES string of the molecule is CCCCOC(C)OC(=O)c1ccc(C)cc1. The number of hydrogen-bond donors (Lipinski definition) is 0. The van der Waals surface area contributed by atoms with Crippen LogP contribution in [0.5, 0.6) is 0 Å². The van der Waals surface area contributed by atoms with E-state index >= 15 is 0 Å². The Labute approximate surface area is 103 Å². The average molecular weight is 236 g/mol. The maximum Gasteiger partial charge on any atom is 0.340 e. The maximum absolute atomic E-state index is 11.7. The van der Waals surface area contributed by atoms with Crippen molar-refractivity contribution >= 4 is 5.97 Å². The van der Waals surface area contributed by atoms with Crippen LogP contribution in [0.15, 0.2) is 24.3 Å². The van der Waals surface area contributed by atoms with Gasteiger partial charge in [0.2, 0.25) is 0 Å². The van der Waals surface area contributed by atoms with Crippen LogP contribution in [0.3, 0.4) is 0 Å². The van der Waals surface area contributed by atoms with Crippen molar-refractivity contribution in [3.63, 3.8) is 0 Å². The number of esters is 1. The summed E-state index contributed by atoms with van der Waals surface area (Å²) in [5.74, 6) is -0.339. The normalized spacial score (nSPS) is 12.2. The van der Waals surface area contributed by atoms with Crippen molar-refractivity contribution in [1.29, 1.82) is 0 Å². The summed E-state index contributed by atoms with van der Waals surface area (Å²) >= 11 is 0. The first-order chi connectivity index (χ1) is 8.13. The van der Waals surface area contributed by atoms with E-state index in [9.17, 15) is 4.79 Å². The average Bonchev–Trinajstić information content (AvgIpc) is 2.30. The summed E-state index contributed by atoms with van der Waals surface area (Å²) in [6, 6.07) is 7.30. The van der Waals surface area contributed by atoms with Crippen LogP contribution in [0, 0.1) is 6.92 Å². The Balaban J connectivity index is 2.40. The molecule has 17 heavy (non-hydrogen) atoms. The number of rotatable bonds is 6. The third-order valence-electron chi connectivity index (χ3n) is 2.41. The third kappa shape index (κ3) is 5.00. The fraction of sp³-hybridized carbons (Fsp3) is 0.500. The number of hydrogen-bond acceptors (Lipinski definition) is 3. The highest BCUT2D eigenvalue weighted by Gasteiger charge is 2.11. The fourth-order valence-corrected chi connectivity index (χ4v) is 1.34. The molecule has 1 aromatic carbocycles. The first-order valence-electron chi connectivity index (χ1n) is 6.02. The molecule has 0 fully saturated rings. The molecule has 0 radical (unpaired) electrons. The smallest absolute Gasteiger partial charge is 0.340 e. The molecule has 0 heterocycles. The van der Waals surface area contributed by atoms with Crippen LogP contribution in [0.2, 0.25) is 0 Å². The van der Waals surface area contributed by atoms with Gasteiger partial charge in [-0.15, -0.1) is 0 Å². The van der Waals surface area contributed by atoms with Crippen molar-refractivity contribution in [1.82, 2.24) is 0 Å². The van der Waals surface area contributed by atoms with Crippen molar-refractivity contribution < 1.29 is 14.3 Å². The number of carbonyl (C=O) groups excluding carboxylic acids is 1. The molecule has 0 saturated heterocycles. The van der Waals surface area contributed by atoms with Crippen LogP contribution in [0.4, 0.5) is 0 Å². The van der Waals surface area contributed by atoms with E-state index in [-0.39, 0.29) is 5.97 Å². The molecule has 3 heteroatoms. The Kier molecular flexibility index (Phi) is 5.70. The Bertz CT molecular complexity index is 343. The van der Waals surface area contributed by atoms with Crippen molar-refractivity contribution in [3.05, 3.63) is 35.4 Å². The van der Waals surface area contributed by atoms with Crippen molar-refractivity contribution in [2.24, 2.45) is 0 Å². The van der Waals surface area contributed by atoms with Gasteiger partial charge in [0.1, 0.15) is 0 Å². The lowest BCUT2D eigenvalue weighted by atomic mass is 10.1. The van der Waals surface area contributed by atoms with E-state index in [1.165, 1.54) is 0 Å². The lowest BCUT2D eigenvalue weighted by Gasteiger charge is -2.13. The van der Waals surface area contributed by atoms with Gasteiger partial charge in [0.05, 0.1) is 12.2 Å². The van der Waals surface area contributed by atoms with Gasteiger partial charge in [-0.2, -0.15) is 0 Å². The number of carbonyl (C=O) groups is 1. The fourth-order valence-electron chi connectivity index (χ4n) is 1.34. The zero-order valence-corrected chi connectivity index (χ0v) is 10.7. The Morgan fingerprint density at radius 1 is 1.29 bits per heavy atom. The molecule has 3 nitrogen and oxygen atoms in total. The Morgan fingerprint density at radius 3 is 2.53 bits per heavy atom. The van der Waals surface area contributed by atoms with Gasteiger partial charge in [-0.05, 0) is 32.4 Å². The molecule has 0 aliphatic heterocycles. The van der Waals surface area contributed by atoms with Crippen LogP contribution in [0.1, 0.15) is 42.6 Å². The second-order valence-corrected chi connectivity index (χ2v) is 4.06. The molecular weight excluding hydrogens is 216 g/mol. The molecule has 0 spiro atoms. The molecule has 0 bridgehead atoms. The molecule has 0 aliphatic rings. The molecule has 1 aromatic rings. The van der Waals surface area contributed by atoms with Crippen LogP contribution in [-0.4, -0.2) is 18.9 Å². The molecule has 0 N–H and O–H groups in total. The molecule has 1 rings (SSSR count). The number of unbranched alkanes of at least 4 members (excludes halogenated alkanes) is 1. The van der Waals surface area contributed by atoms with Gasteiger partial charge in [0, 0.05) is 0 Å². The van der Waals surface area contributed by atoms with Gasteiger partial charge in [-0.1, -0.05) is 31.0 Å². The van der Waals surface area contributed by atoms with E-state index in [0.717, 1.165) is 18.4 Å². The third-order valence-corrected chi connectivity index (χ3v) is 2.41. The second kappa shape index (κ2) is 7.07. The first-order valence-corrected chi connectivity index (χ1v) is 6.02. The lowest BCUT2D eigenvalue weighted by molar-refractivity contribution is -0.0985. The minimum atomic E-state index is -0.490. The number of ether oxygens (including phenoxy) is 2. The van der Waals surface area contributed by atoms with E-state index in [2.05, 4.69) is 6.92 Å². The summed E-state index contributed by atoms with van der Waals surface area (Å²) in [6.45, 7) is 6.43. The predicted molar refractivity (Wildman–Crippen MR) is 66.9 cm³/mol. The van der Waals surface area contributed by atoms with E-state index in [1.807, 2.05) is 19.1 Å². The monoisotopic (exact) mass is 236 g/mol. The molecule has 0 saturated carbocycles. The van der Waals surface area contributed by atoms with Crippen LogP contribution in [-0.2, 0) is 9.47 Å². The largest absolute Gasteiger partial charge is 0.432 e. The topological polar surface area (TPSA) is 35.5 Å². The van der Waals surface area contributed by atoms with E-state index in [0.29, 0.717) is 12.2 Å². The van der Waals surface area contributed by atoms with Gasteiger partial charge in [0.25, 0.3) is 0 Å². The quantitative estimate of drug-likeness (QED) is 0.432. The molecule has 1 atom stereocenters. The highest BCUT2D eigenvalue weighted by atomic mass is 16.7. The van der Waals surface area contributed by atoms with Crippen LogP contribution < -0.4 is 0 Å². The molecule has 0 aliphatic carbocycles. The molecule has 0 amide bonds. The Hall–Kier alpha value is -1.35. The molecule has 94 valence electrons. The molecule has 1 unspecified atom stereocenters. The second-order valence-electron chi connectivity index (χ2n) is 4.06. The molecular formula is C14H20O3. The first kappa shape index (κ1) is 13.7. The number of benzene rings is 1. The summed E-state index contributed by atoms with van der Waals surface area (Å²) in [7, 11) is 0. The summed E-state index contributed by atoms with van der Waals surface area (Å²) < 4.78 is 10.5. The van der Waals surface area contributed by atoms with E-state index < -0.39 is 6.29 Å². The minimum Gasteiger partial charge on any atom is -0.432 e. The van der Waals surface area contributed by atoms with Crippen molar-refractivity contribution in [2.45, 2.75) is 39.9 Å². The van der Waals surface area contributed by atoms with Crippen LogP contribution >= 0.6 is 0 Å². The summed E-state index contributed by atoms with van der Waals surface area (Å²) in [6.07, 6.45) is 1.56. The van der Waals surface area contributed by atoms with E-state index in [1.54, 1.807) is 19.1 Å². The van der Waals surface area contributed by atoms with E-state index in [4.69, 9.17) is 9.47 Å². The van der Waals surface area contributed by atoms with Gasteiger partial charge >= 0.3 is 5.97 Å². The van der Waals surface area contributed by atoms with Gasteiger partial charge in [-0.25, -0.2) is 4.79 Å². The summed E-state index contributed by atoms with van der Waals surface area (Å²) in [5, 5.41) is 0. The standard InChI is InChI=1S/C14H20O3/c1-4-5-10-16-12(3)17-14(15)13-8-6-11(2)7-9-13/h6-9,12H,4-5,10H2,1-3H3. The zero-order valence-electron chi connectivity index (χ0n) is 10.7. The summed E-state index contributed by atoms with van der Waals surface area (Å²) in [4.78, 5) is 11.7. The predicted octanol–water partition coefficient (Wildman–Crippen LogP) is 3.31. The number of aryl methyl sites for hydroxylation is 1. The van der Waals surface area contributed by atoms with Gasteiger partial charge < -0.3 is 9.47 Å². The van der Waals surface area contributed by atoms with Gasteiger partial charge in [0.15, 0.2) is 6.29 Å².